The van der Waals surface area contributed by atoms with Gasteiger partial charge in [-0.1, -0.05) is 0 Å². The molecule has 13 heteroatoms. The number of halogens is 2. The Bertz CT molecular complexity index is 1620. The summed E-state index contributed by atoms with van der Waals surface area (Å²) in [6.45, 7) is 2.07. The number of rotatable bonds is 9. The minimum atomic E-state index is -3.62. The number of nitrogens with zero attached hydrogens (tertiary/aromatic N) is 4. The van der Waals surface area contributed by atoms with E-state index >= 15 is 0 Å². The fourth-order valence-electron chi connectivity index (χ4n) is 6.17. The van der Waals surface area contributed by atoms with Gasteiger partial charge in [-0.05, 0) is 67.5 Å². The van der Waals surface area contributed by atoms with Gasteiger partial charge in [-0.25, -0.2) is 17.2 Å². The quantitative estimate of drug-likeness (QED) is 0.355. The molecule has 0 atom stereocenters. The summed E-state index contributed by atoms with van der Waals surface area (Å²) >= 11 is 0. The van der Waals surface area contributed by atoms with Gasteiger partial charge in [0.2, 0.25) is 10.0 Å². The first-order chi connectivity index (χ1) is 20.5. The van der Waals surface area contributed by atoms with E-state index in [9.17, 15) is 22.0 Å². The maximum absolute atomic E-state index is 13.8. The number of piperidine rings is 2. The summed E-state index contributed by atoms with van der Waals surface area (Å²) in [6.07, 6.45) is 4.13. The minimum Gasteiger partial charge on any atom is -0.384 e. The Morgan fingerprint density at radius 2 is 1.63 bits per heavy atom. The molecule has 3 aliphatic rings. The number of ether oxygens (including phenoxy) is 1. The fraction of sp³-hybridized carbons (Fsp3) is 0.533. The fourth-order valence-corrected chi connectivity index (χ4v) is 7.15. The lowest BCUT2D eigenvalue weighted by atomic mass is 9.93. The lowest BCUT2D eigenvalue weighted by Crippen LogP contribution is -2.39. The van der Waals surface area contributed by atoms with Crippen LogP contribution < -0.4 is 19.8 Å². The largest absolute Gasteiger partial charge is 0.384 e. The molecule has 6 rings (SSSR count). The number of carbonyl (C=O) groups is 1. The summed E-state index contributed by atoms with van der Waals surface area (Å²) in [7, 11) is -0.361. The Balaban J connectivity index is 1.26. The van der Waals surface area contributed by atoms with Gasteiger partial charge >= 0.3 is 0 Å². The molecule has 3 aromatic rings. The molecule has 1 amide bonds. The van der Waals surface area contributed by atoms with Crippen molar-refractivity contribution in [3.05, 3.63) is 42.0 Å². The van der Waals surface area contributed by atoms with Gasteiger partial charge in [0.25, 0.3) is 11.8 Å². The molecule has 0 unspecified atom stereocenters. The van der Waals surface area contributed by atoms with Crippen LogP contribution in [-0.2, 0) is 21.8 Å². The third-order valence-electron chi connectivity index (χ3n) is 9.08. The van der Waals surface area contributed by atoms with Gasteiger partial charge in [-0.2, -0.15) is 5.10 Å². The first kappa shape index (κ1) is 29.6. The van der Waals surface area contributed by atoms with Crippen molar-refractivity contribution in [2.45, 2.75) is 44.4 Å². The molecule has 232 valence electrons. The summed E-state index contributed by atoms with van der Waals surface area (Å²) < 4.78 is 62.0. The minimum absolute atomic E-state index is 0.0735. The number of anilines is 4. The zero-order chi connectivity index (χ0) is 30.4. The van der Waals surface area contributed by atoms with Gasteiger partial charge in [0.1, 0.15) is 0 Å². The van der Waals surface area contributed by atoms with Gasteiger partial charge in [-0.15, -0.1) is 0 Å². The molecule has 1 spiro atoms. The average molecular weight is 617 g/mol. The molecular formula is C30H38F2N6O4S. The second kappa shape index (κ2) is 11.2. The van der Waals surface area contributed by atoms with Gasteiger partial charge in [0.05, 0.1) is 34.8 Å². The molecule has 1 aromatic heterocycles. The van der Waals surface area contributed by atoms with E-state index in [1.807, 2.05) is 24.1 Å². The zero-order valence-corrected chi connectivity index (χ0v) is 25.4. The van der Waals surface area contributed by atoms with Crippen LogP contribution in [0.15, 0.2) is 36.4 Å². The predicted molar refractivity (Wildman–Crippen MR) is 164 cm³/mol. The average Bonchev–Trinajstić information content (AvgIpc) is 3.65. The lowest BCUT2D eigenvalue weighted by Gasteiger charge is -2.35. The van der Waals surface area contributed by atoms with Crippen molar-refractivity contribution >= 4 is 49.7 Å². The van der Waals surface area contributed by atoms with Crippen LogP contribution in [0, 0.1) is 5.41 Å². The Morgan fingerprint density at radius 1 is 0.953 bits per heavy atom. The molecule has 2 aromatic carbocycles. The number of alkyl halides is 2. The van der Waals surface area contributed by atoms with Crippen LogP contribution in [-0.4, -0.2) is 75.7 Å². The third-order valence-corrected chi connectivity index (χ3v) is 10.3. The highest BCUT2D eigenvalue weighted by Crippen LogP contribution is 2.54. The van der Waals surface area contributed by atoms with Crippen LogP contribution in [0.3, 0.4) is 0 Å². The number of benzene rings is 2. The first-order valence-electron chi connectivity index (χ1n) is 14.8. The van der Waals surface area contributed by atoms with E-state index in [0.29, 0.717) is 33.9 Å². The molecule has 2 saturated heterocycles. The van der Waals surface area contributed by atoms with E-state index in [-0.39, 0.29) is 44.2 Å². The predicted octanol–water partition coefficient (Wildman–Crippen LogP) is 4.83. The highest BCUT2D eigenvalue weighted by atomic mass is 32.2. The van der Waals surface area contributed by atoms with Gasteiger partial charge in [0.15, 0.2) is 5.82 Å². The molecule has 2 N–H and O–H groups in total. The molecule has 10 nitrogen and oxygen atoms in total. The monoisotopic (exact) mass is 616 g/mol. The standard InChI is InChI=1S/C30H38F2N6O4S/c1-36-25-6-4-21(19-24(25)27(34-36)38-15-11-30(31,32)12-16-38)33-28(39)23-5-3-22(35-43(40,41)18-17-42-2)20-26(23)37-13-9-29(7-8-29)10-14-37/h3-6,19-20,35H,7-18H2,1-2H3,(H,33,39). The topological polar surface area (TPSA) is 109 Å². The van der Waals surface area contributed by atoms with Crippen LogP contribution in [0.25, 0.3) is 10.9 Å². The van der Waals surface area contributed by atoms with Crippen molar-refractivity contribution in [1.82, 2.24) is 9.78 Å². The second-order valence-corrected chi connectivity index (χ2v) is 14.0. The van der Waals surface area contributed by atoms with E-state index < -0.39 is 15.9 Å². The van der Waals surface area contributed by atoms with Crippen molar-refractivity contribution < 1.29 is 26.7 Å². The van der Waals surface area contributed by atoms with E-state index in [1.165, 1.54) is 20.0 Å². The van der Waals surface area contributed by atoms with Crippen molar-refractivity contribution in [2.24, 2.45) is 12.5 Å². The number of fused-ring (bicyclic) bond motifs is 1. The smallest absolute Gasteiger partial charge is 0.257 e. The molecule has 3 fully saturated rings. The number of carbonyl (C=O) groups excluding carboxylic acids is 1. The number of aromatic nitrogens is 2. The Labute approximate surface area is 250 Å². The molecular weight excluding hydrogens is 578 g/mol. The van der Waals surface area contributed by atoms with Crippen molar-refractivity contribution in [3.63, 3.8) is 0 Å². The summed E-state index contributed by atoms with van der Waals surface area (Å²) in [5.74, 6) is -2.54. The summed E-state index contributed by atoms with van der Waals surface area (Å²) in [4.78, 5) is 17.8. The molecule has 43 heavy (non-hydrogen) atoms. The van der Waals surface area contributed by atoms with Crippen LogP contribution in [0.5, 0.6) is 0 Å². The van der Waals surface area contributed by atoms with Gasteiger partial charge < -0.3 is 19.9 Å². The van der Waals surface area contributed by atoms with Crippen molar-refractivity contribution in [1.29, 1.82) is 0 Å². The van der Waals surface area contributed by atoms with Crippen LogP contribution in [0.4, 0.5) is 31.7 Å². The number of aryl methyl sites for hydroxylation is 1. The highest BCUT2D eigenvalue weighted by Gasteiger charge is 2.44. The first-order valence-corrected chi connectivity index (χ1v) is 16.4. The molecule has 1 saturated carbocycles. The Morgan fingerprint density at radius 3 is 2.30 bits per heavy atom. The van der Waals surface area contributed by atoms with Gasteiger partial charge in [-0.3, -0.25) is 14.2 Å². The molecule has 0 radical (unpaired) electrons. The summed E-state index contributed by atoms with van der Waals surface area (Å²) in [5.41, 5.74) is 3.33. The number of amides is 1. The van der Waals surface area contributed by atoms with E-state index in [0.717, 1.165) is 36.8 Å². The van der Waals surface area contributed by atoms with Crippen molar-refractivity contribution in [2.75, 3.05) is 65.5 Å². The van der Waals surface area contributed by atoms with E-state index in [2.05, 4.69) is 20.0 Å². The van der Waals surface area contributed by atoms with E-state index in [4.69, 9.17) is 4.74 Å². The Kier molecular flexibility index (Phi) is 7.74. The number of methoxy groups -OCH3 is 1. The zero-order valence-electron chi connectivity index (χ0n) is 24.5. The van der Waals surface area contributed by atoms with Crippen LogP contribution in [0.2, 0.25) is 0 Å². The van der Waals surface area contributed by atoms with Crippen LogP contribution in [0.1, 0.15) is 48.9 Å². The maximum atomic E-state index is 13.8. The number of hydrogen-bond donors (Lipinski definition) is 2. The third kappa shape index (κ3) is 6.42. The second-order valence-electron chi connectivity index (χ2n) is 12.1. The van der Waals surface area contributed by atoms with Gasteiger partial charge in [0, 0.05) is 64.3 Å². The molecule has 1 aliphatic carbocycles. The molecule has 3 heterocycles. The number of nitrogens with one attached hydrogen (secondary N) is 2. The van der Waals surface area contributed by atoms with Crippen LogP contribution >= 0.6 is 0 Å². The molecule has 0 bridgehead atoms. The summed E-state index contributed by atoms with van der Waals surface area (Å²) in [5, 5.41) is 8.39. The maximum Gasteiger partial charge on any atom is 0.257 e. The highest BCUT2D eigenvalue weighted by molar-refractivity contribution is 7.92. The SMILES string of the molecule is COCCS(=O)(=O)Nc1ccc(C(=O)Nc2ccc3c(c2)c(N2CCC(F)(F)CC2)nn3C)c(N2CCC3(CC2)CC3)c1. The summed E-state index contributed by atoms with van der Waals surface area (Å²) in [6, 6.07) is 10.5. The Hall–Kier alpha value is -3.45. The molecule has 2 aliphatic heterocycles. The normalized spacial score (nSPS) is 19.5. The number of hydrogen-bond acceptors (Lipinski definition) is 7. The van der Waals surface area contributed by atoms with Crippen molar-refractivity contribution in [3.8, 4) is 0 Å². The lowest BCUT2D eigenvalue weighted by molar-refractivity contribution is -0.0221. The number of sulfonamides is 1. The van der Waals surface area contributed by atoms with E-state index in [1.54, 1.807) is 28.9 Å².